The second-order valence-electron chi connectivity index (χ2n) is 5.79. The monoisotopic (exact) mass is 352 g/mol. The van der Waals surface area contributed by atoms with Crippen molar-refractivity contribution in [1.29, 1.82) is 0 Å². The molecule has 0 atom stereocenters. The van der Waals surface area contributed by atoms with E-state index in [1.807, 2.05) is 55.6 Å². The number of sulfonamides is 1. The highest BCUT2D eigenvalue weighted by Gasteiger charge is 2.18. The molecule has 0 aliphatic rings. The Bertz CT molecular complexity index is 1140. The number of nitrogens with zero attached hydrogens (tertiary/aromatic N) is 2. The Hall–Kier alpha value is -3.06. The lowest BCUT2D eigenvalue weighted by Crippen LogP contribution is -2.13. The molecule has 0 aliphatic heterocycles. The zero-order chi connectivity index (χ0) is 17.4. The summed E-state index contributed by atoms with van der Waals surface area (Å²) in [5, 5.41) is 5.19. The van der Waals surface area contributed by atoms with Gasteiger partial charge in [-0.15, -0.1) is 0 Å². The van der Waals surface area contributed by atoms with Gasteiger partial charge in [0.2, 0.25) is 0 Å². The van der Waals surface area contributed by atoms with Crippen molar-refractivity contribution in [3.05, 3.63) is 72.7 Å². The number of aromatic nitrogens is 3. The zero-order valence-electron chi connectivity index (χ0n) is 13.5. The number of hydrogen-bond donors (Lipinski definition) is 2. The summed E-state index contributed by atoms with van der Waals surface area (Å²) < 4.78 is 29.6. The highest BCUT2D eigenvalue weighted by atomic mass is 32.2. The Morgan fingerprint density at radius 2 is 1.92 bits per heavy atom. The molecule has 0 saturated carbocycles. The lowest BCUT2D eigenvalue weighted by molar-refractivity contribution is 0.601. The minimum atomic E-state index is -3.72. The van der Waals surface area contributed by atoms with Crippen LogP contribution in [0.15, 0.2) is 72.0 Å². The van der Waals surface area contributed by atoms with Crippen molar-refractivity contribution in [2.75, 3.05) is 4.72 Å². The summed E-state index contributed by atoms with van der Waals surface area (Å²) in [6, 6.07) is 15.0. The van der Waals surface area contributed by atoms with Crippen molar-refractivity contribution in [1.82, 2.24) is 14.8 Å². The highest BCUT2D eigenvalue weighted by molar-refractivity contribution is 7.92. The van der Waals surface area contributed by atoms with Crippen molar-refractivity contribution in [3.63, 3.8) is 0 Å². The third-order valence-electron chi connectivity index (χ3n) is 4.03. The van der Waals surface area contributed by atoms with Gasteiger partial charge in [-0.1, -0.05) is 18.2 Å². The van der Waals surface area contributed by atoms with E-state index >= 15 is 0 Å². The lowest BCUT2D eigenvalue weighted by atomic mass is 10.1. The van der Waals surface area contributed by atoms with Gasteiger partial charge >= 0.3 is 0 Å². The Morgan fingerprint density at radius 1 is 1.12 bits per heavy atom. The normalized spacial score (nSPS) is 11.7. The van der Waals surface area contributed by atoms with Gasteiger partial charge in [-0.25, -0.2) is 13.1 Å². The van der Waals surface area contributed by atoms with Gasteiger partial charge in [-0.2, -0.15) is 5.10 Å². The lowest BCUT2D eigenvalue weighted by Gasteiger charge is -2.09. The second kappa shape index (κ2) is 5.78. The van der Waals surface area contributed by atoms with Crippen LogP contribution in [0.3, 0.4) is 0 Å². The first-order chi connectivity index (χ1) is 12.0. The average molecular weight is 352 g/mol. The van der Waals surface area contributed by atoms with Crippen LogP contribution in [0.1, 0.15) is 5.56 Å². The molecule has 7 heteroatoms. The molecule has 0 fully saturated rings. The van der Waals surface area contributed by atoms with E-state index in [0.717, 1.165) is 22.2 Å². The number of para-hydroxylation sites is 1. The van der Waals surface area contributed by atoms with Crippen LogP contribution in [0.5, 0.6) is 0 Å². The average Bonchev–Trinajstić information content (AvgIpc) is 3.25. The van der Waals surface area contributed by atoms with Crippen LogP contribution in [0.25, 0.3) is 16.6 Å². The van der Waals surface area contributed by atoms with E-state index in [4.69, 9.17) is 0 Å². The predicted molar refractivity (Wildman–Crippen MR) is 97.4 cm³/mol. The molecule has 4 rings (SSSR count). The standard InChI is InChI=1S/C18H16N4O2S/c1-13-9-14-7-8-19-18(14)10-17(13)21-25(23,24)16-11-20-22(12-16)15-5-3-2-4-6-15/h2-12,19,21H,1H3. The third-order valence-corrected chi connectivity index (χ3v) is 5.35. The summed E-state index contributed by atoms with van der Waals surface area (Å²) in [4.78, 5) is 3.20. The van der Waals surface area contributed by atoms with Gasteiger partial charge in [0.05, 0.1) is 23.8 Å². The van der Waals surface area contributed by atoms with Crippen molar-refractivity contribution < 1.29 is 8.42 Å². The van der Waals surface area contributed by atoms with Crippen LogP contribution >= 0.6 is 0 Å². The van der Waals surface area contributed by atoms with Crippen LogP contribution in [0, 0.1) is 6.92 Å². The number of aromatic amines is 1. The van der Waals surface area contributed by atoms with Crippen molar-refractivity contribution in [2.24, 2.45) is 0 Å². The maximum atomic E-state index is 12.7. The molecule has 0 radical (unpaired) electrons. The first kappa shape index (κ1) is 15.5. The first-order valence-corrected chi connectivity index (χ1v) is 9.22. The van der Waals surface area contributed by atoms with Crippen LogP contribution in [0.2, 0.25) is 0 Å². The van der Waals surface area contributed by atoms with Crippen molar-refractivity contribution in [3.8, 4) is 5.69 Å². The number of H-pyrrole nitrogens is 1. The van der Waals surface area contributed by atoms with Crippen LogP contribution < -0.4 is 4.72 Å². The maximum absolute atomic E-state index is 12.7. The van der Waals surface area contributed by atoms with Gasteiger partial charge in [-0.05, 0) is 48.2 Å². The molecule has 0 saturated heterocycles. The fourth-order valence-corrected chi connectivity index (χ4v) is 3.75. The minimum absolute atomic E-state index is 0.113. The van der Waals surface area contributed by atoms with E-state index in [2.05, 4.69) is 14.8 Å². The molecule has 6 nitrogen and oxygen atoms in total. The fourth-order valence-electron chi connectivity index (χ4n) is 2.70. The molecule has 4 aromatic rings. The number of anilines is 1. The summed E-state index contributed by atoms with van der Waals surface area (Å²) >= 11 is 0. The molecule has 2 N–H and O–H groups in total. The van der Waals surface area contributed by atoms with Crippen molar-refractivity contribution >= 4 is 26.6 Å². The quantitative estimate of drug-likeness (QED) is 0.590. The van der Waals surface area contributed by atoms with Gasteiger partial charge in [-0.3, -0.25) is 4.72 Å². The molecule has 0 spiro atoms. The van der Waals surface area contributed by atoms with Gasteiger partial charge in [0, 0.05) is 11.7 Å². The van der Waals surface area contributed by atoms with Crippen LogP contribution in [-0.4, -0.2) is 23.2 Å². The van der Waals surface area contributed by atoms with E-state index < -0.39 is 10.0 Å². The topological polar surface area (TPSA) is 79.8 Å². The Balaban J connectivity index is 1.67. The van der Waals surface area contributed by atoms with E-state index in [9.17, 15) is 8.42 Å². The molecule has 0 aliphatic carbocycles. The van der Waals surface area contributed by atoms with E-state index in [0.29, 0.717) is 5.69 Å². The largest absolute Gasteiger partial charge is 0.361 e. The minimum Gasteiger partial charge on any atom is -0.361 e. The predicted octanol–water partition coefficient (Wildman–Crippen LogP) is 3.46. The Labute approximate surface area is 145 Å². The van der Waals surface area contributed by atoms with Crippen LogP contribution in [0.4, 0.5) is 5.69 Å². The molecule has 2 aromatic heterocycles. The second-order valence-corrected chi connectivity index (χ2v) is 7.48. The molecular formula is C18H16N4O2S. The molecule has 2 aromatic carbocycles. The molecule has 0 amide bonds. The molecule has 126 valence electrons. The maximum Gasteiger partial charge on any atom is 0.265 e. The molecule has 0 bridgehead atoms. The molecule has 0 unspecified atom stereocenters. The highest BCUT2D eigenvalue weighted by Crippen LogP contribution is 2.25. The molecule has 2 heterocycles. The SMILES string of the molecule is Cc1cc2cc[nH]c2cc1NS(=O)(=O)c1cnn(-c2ccccc2)c1. The summed E-state index contributed by atoms with van der Waals surface area (Å²) in [7, 11) is -3.72. The Kier molecular flexibility index (Phi) is 3.58. The number of benzene rings is 2. The van der Waals surface area contributed by atoms with E-state index in [1.54, 1.807) is 6.07 Å². The number of aryl methyl sites for hydroxylation is 1. The van der Waals surface area contributed by atoms with Gasteiger partial charge in [0.15, 0.2) is 0 Å². The summed E-state index contributed by atoms with van der Waals surface area (Å²) in [5.74, 6) is 0. The first-order valence-electron chi connectivity index (χ1n) is 7.74. The van der Waals surface area contributed by atoms with E-state index in [1.165, 1.54) is 17.1 Å². The smallest absolute Gasteiger partial charge is 0.265 e. The summed E-state index contributed by atoms with van der Waals surface area (Å²) in [6.45, 7) is 1.87. The van der Waals surface area contributed by atoms with Crippen LogP contribution in [-0.2, 0) is 10.0 Å². The number of fused-ring (bicyclic) bond motifs is 1. The van der Waals surface area contributed by atoms with Gasteiger partial charge in [0.25, 0.3) is 10.0 Å². The number of nitrogens with one attached hydrogen (secondary N) is 2. The fraction of sp³-hybridized carbons (Fsp3) is 0.0556. The number of hydrogen-bond acceptors (Lipinski definition) is 3. The summed E-state index contributed by atoms with van der Waals surface area (Å²) in [6.07, 6.45) is 4.67. The van der Waals surface area contributed by atoms with Gasteiger partial charge in [0.1, 0.15) is 4.90 Å². The number of rotatable bonds is 4. The zero-order valence-corrected chi connectivity index (χ0v) is 14.3. The van der Waals surface area contributed by atoms with E-state index in [-0.39, 0.29) is 4.90 Å². The summed E-state index contributed by atoms with van der Waals surface area (Å²) in [5.41, 5.74) is 3.07. The van der Waals surface area contributed by atoms with Gasteiger partial charge < -0.3 is 4.98 Å². The van der Waals surface area contributed by atoms with Crippen molar-refractivity contribution in [2.45, 2.75) is 11.8 Å². The molecule has 25 heavy (non-hydrogen) atoms. The Morgan fingerprint density at radius 3 is 2.72 bits per heavy atom. The molecular weight excluding hydrogens is 336 g/mol. The third kappa shape index (κ3) is 2.89.